The molecule has 11 heteroatoms. The molecule has 2 amide bonds. The lowest BCUT2D eigenvalue weighted by atomic mass is 10.1. The normalized spacial score (nSPS) is 11.5. The van der Waals surface area contributed by atoms with Crippen molar-refractivity contribution < 1.29 is 41.8 Å². The fourth-order valence-corrected chi connectivity index (χ4v) is 2.73. The van der Waals surface area contributed by atoms with Gasteiger partial charge in [0.2, 0.25) is 5.91 Å². The average molecular weight is 496 g/mol. The van der Waals surface area contributed by atoms with Gasteiger partial charge in [-0.15, -0.1) is 0 Å². The van der Waals surface area contributed by atoms with Gasteiger partial charge in [0.1, 0.15) is 0 Å². The Bertz CT molecular complexity index is 1080. The maximum atomic E-state index is 13.6. The van der Waals surface area contributed by atoms with Crippen molar-refractivity contribution in [2.75, 3.05) is 25.6 Å². The van der Waals surface area contributed by atoms with Crippen LogP contribution in [0.2, 0.25) is 0 Å². The van der Waals surface area contributed by atoms with E-state index in [2.05, 4.69) is 19.2 Å². The molecule has 0 aliphatic carbocycles. The molecule has 0 aromatic heterocycles. The van der Waals surface area contributed by atoms with Crippen molar-refractivity contribution >= 4 is 23.5 Å². The Morgan fingerprint density at radius 2 is 1.69 bits per heavy atom. The molecule has 2 rings (SSSR count). The van der Waals surface area contributed by atoms with E-state index in [0.29, 0.717) is 30.1 Å². The third-order valence-electron chi connectivity index (χ3n) is 4.74. The van der Waals surface area contributed by atoms with Crippen molar-refractivity contribution in [3.63, 3.8) is 0 Å². The van der Waals surface area contributed by atoms with E-state index in [1.54, 1.807) is 6.07 Å². The molecule has 1 unspecified atom stereocenters. The summed E-state index contributed by atoms with van der Waals surface area (Å²) in [6.07, 6.45) is -0.434. The van der Waals surface area contributed by atoms with Gasteiger partial charge in [0.15, 0.2) is 35.1 Å². The SMILES string of the molecule is COc1cc(C(=O)OC(C)C(=O)NCC(=O)Nc2ccc(F)c(F)c2F)ccc1OCCC(C)C. The second-order valence-corrected chi connectivity index (χ2v) is 7.93. The van der Waals surface area contributed by atoms with E-state index >= 15 is 0 Å². The van der Waals surface area contributed by atoms with Gasteiger partial charge in [-0.1, -0.05) is 13.8 Å². The number of benzene rings is 2. The highest BCUT2D eigenvalue weighted by Crippen LogP contribution is 2.29. The first-order valence-corrected chi connectivity index (χ1v) is 10.8. The van der Waals surface area contributed by atoms with Crippen molar-refractivity contribution in [2.45, 2.75) is 33.3 Å². The number of hydrogen-bond acceptors (Lipinski definition) is 6. The molecule has 0 saturated carbocycles. The van der Waals surface area contributed by atoms with E-state index in [-0.39, 0.29) is 5.56 Å². The van der Waals surface area contributed by atoms with E-state index in [0.717, 1.165) is 12.5 Å². The highest BCUT2D eigenvalue weighted by molar-refractivity contribution is 5.96. The van der Waals surface area contributed by atoms with E-state index in [4.69, 9.17) is 14.2 Å². The number of rotatable bonds is 11. The molecule has 8 nitrogen and oxygen atoms in total. The van der Waals surface area contributed by atoms with Crippen LogP contribution >= 0.6 is 0 Å². The van der Waals surface area contributed by atoms with Crippen LogP contribution in [0, 0.1) is 23.4 Å². The largest absolute Gasteiger partial charge is 0.493 e. The van der Waals surface area contributed by atoms with Crippen LogP contribution in [0.4, 0.5) is 18.9 Å². The Labute approximate surface area is 200 Å². The van der Waals surface area contributed by atoms with E-state index < -0.39 is 53.6 Å². The molecule has 0 fully saturated rings. The molecule has 190 valence electrons. The molecule has 2 N–H and O–H groups in total. The molecular formula is C24H27F3N2O6. The van der Waals surface area contributed by atoms with Crippen molar-refractivity contribution in [2.24, 2.45) is 5.92 Å². The smallest absolute Gasteiger partial charge is 0.339 e. The quantitative estimate of drug-likeness (QED) is 0.362. The number of anilines is 1. The van der Waals surface area contributed by atoms with Gasteiger partial charge >= 0.3 is 5.97 Å². The Balaban J connectivity index is 1.89. The third kappa shape index (κ3) is 7.90. The van der Waals surface area contributed by atoms with Crippen LogP contribution in [0.25, 0.3) is 0 Å². The molecule has 0 bridgehead atoms. The predicted molar refractivity (Wildman–Crippen MR) is 121 cm³/mol. The van der Waals surface area contributed by atoms with Gasteiger partial charge in [0, 0.05) is 0 Å². The third-order valence-corrected chi connectivity index (χ3v) is 4.74. The van der Waals surface area contributed by atoms with Crippen LogP contribution < -0.4 is 20.1 Å². The van der Waals surface area contributed by atoms with Crippen LogP contribution in [0.3, 0.4) is 0 Å². The molecule has 0 aliphatic rings. The Hall–Kier alpha value is -3.76. The zero-order valence-corrected chi connectivity index (χ0v) is 19.7. The first kappa shape index (κ1) is 27.5. The molecule has 0 radical (unpaired) electrons. The lowest BCUT2D eigenvalue weighted by molar-refractivity contribution is -0.130. The van der Waals surface area contributed by atoms with Gasteiger partial charge in [-0.3, -0.25) is 9.59 Å². The van der Waals surface area contributed by atoms with Gasteiger partial charge in [-0.2, -0.15) is 0 Å². The molecule has 2 aromatic rings. The van der Waals surface area contributed by atoms with Crippen molar-refractivity contribution in [3.05, 3.63) is 53.3 Å². The summed E-state index contributed by atoms with van der Waals surface area (Å²) in [5.74, 6) is -6.00. The highest BCUT2D eigenvalue weighted by atomic mass is 19.2. The predicted octanol–water partition coefficient (Wildman–Crippen LogP) is 3.84. The standard InChI is InChI=1S/C24H27F3N2O6/c1-13(2)9-10-34-18-8-5-15(11-19(18)33-4)24(32)35-14(3)23(31)28-12-20(30)29-17-7-6-16(25)21(26)22(17)27/h5-8,11,13-14H,9-10,12H2,1-4H3,(H,28,31)(H,29,30). The van der Waals surface area contributed by atoms with Gasteiger partial charge in [-0.05, 0) is 49.6 Å². The van der Waals surface area contributed by atoms with E-state index in [9.17, 15) is 27.6 Å². The van der Waals surface area contributed by atoms with Crippen LogP contribution in [-0.2, 0) is 14.3 Å². The minimum atomic E-state index is -1.74. The molecule has 1 atom stereocenters. The summed E-state index contributed by atoms with van der Waals surface area (Å²) in [6.45, 7) is 5.27. The summed E-state index contributed by atoms with van der Waals surface area (Å²) >= 11 is 0. The molecule has 0 aliphatic heterocycles. The Morgan fingerprint density at radius 1 is 0.971 bits per heavy atom. The lowest BCUT2D eigenvalue weighted by Crippen LogP contribution is -2.40. The van der Waals surface area contributed by atoms with Crippen LogP contribution in [-0.4, -0.2) is 44.1 Å². The first-order valence-electron chi connectivity index (χ1n) is 10.8. The lowest BCUT2D eigenvalue weighted by Gasteiger charge is -2.15. The summed E-state index contributed by atoms with van der Waals surface area (Å²) in [5, 5.41) is 4.21. The Kier molecular flexibility index (Phi) is 9.92. The summed E-state index contributed by atoms with van der Waals surface area (Å²) in [4.78, 5) is 36.5. The second-order valence-electron chi connectivity index (χ2n) is 7.93. The van der Waals surface area contributed by atoms with Gasteiger partial charge < -0.3 is 24.8 Å². The molecular weight excluding hydrogens is 469 g/mol. The minimum absolute atomic E-state index is 0.115. The van der Waals surface area contributed by atoms with Crippen molar-refractivity contribution in [3.8, 4) is 11.5 Å². The number of ether oxygens (including phenoxy) is 3. The molecule has 0 saturated heterocycles. The van der Waals surface area contributed by atoms with Crippen LogP contribution in [0.5, 0.6) is 11.5 Å². The molecule has 35 heavy (non-hydrogen) atoms. The number of carbonyl (C=O) groups excluding carboxylic acids is 3. The number of amides is 2. The number of nitrogens with one attached hydrogen (secondary N) is 2. The molecule has 0 heterocycles. The fourth-order valence-electron chi connectivity index (χ4n) is 2.73. The van der Waals surface area contributed by atoms with Gasteiger partial charge in [0.05, 0.1) is 31.5 Å². The molecule has 0 spiro atoms. The zero-order valence-electron chi connectivity index (χ0n) is 19.7. The van der Waals surface area contributed by atoms with Gasteiger partial charge in [0.25, 0.3) is 5.91 Å². The van der Waals surface area contributed by atoms with Crippen molar-refractivity contribution in [1.82, 2.24) is 5.32 Å². The Morgan fingerprint density at radius 3 is 2.34 bits per heavy atom. The topological polar surface area (TPSA) is 103 Å². The summed E-state index contributed by atoms with van der Waals surface area (Å²) in [6, 6.07) is 5.92. The maximum absolute atomic E-state index is 13.6. The summed E-state index contributed by atoms with van der Waals surface area (Å²) < 4.78 is 55.9. The number of hydrogen-bond donors (Lipinski definition) is 2. The minimum Gasteiger partial charge on any atom is -0.493 e. The average Bonchev–Trinajstić information content (AvgIpc) is 2.82. The van der Waals surface area contributed by atoms with Crippen molar-refractivity contribution in [1.29, 1.82) is 0 Å². The zero-order chi connectivity index (χ0) is 26.1. The number of halogens is 3. The highest BCUT2D eigenvalue weighted by Gasteiger charge is 2.21. The second kappa shape index (κ2) is 12.6. The number of carbonyl (C=O) groups is 3. The van der Waals surface area contributed by atoms with Crippen LogP contribution in [0.15, 0.2) is 30.3 Å². The first-order chi connectivity index (χ1) is 16.5. The van der Waals surface area contributed by atoms with E-state index in [1.165, 1.54) is 26.2 Å². The summed E-state index contributed by atoms with van der Waals surface area (Å²) in [7, 11) is 1.42. The molecule has 2 aromatic carbocycles. The monoisotopic (exact) mass is 496 g/mol. The van der Waals surface area contributed by atoms with Gasteiger partial charge in [-0.25, -0.2) is 18.0 Å². The summed E-state index contributed by atoms with van der Waals surface area (Å²) in [5.41, 5.74) is -0.475. The van der Waals surface area contributed by atoms with E-state index in [1.807, 2.05) is 5.32 Å². The number of methoxy groups -OCH3 is 1. The maximum Gasteiger partial charge on any atom is 0.339 e. The fraction of sp³-hybridized carbons (Fsp3) is 0.375. The van der Waals surface area contributed by atoms with Crippen LogP contribution in [0.1, 0.15) is 37.6 Å². The number of esters is 1.